The molecule has 2 N–H and O–H groups in total. The zero-order valence-electron chi connectivity index (χ0n) is 9.70. The van der Waals surface area contributed by atoms with Gasteiger partial charge < -0.3 is 5.73 Å². The standard InChI is InChI=1S/C14H12ClNOS/c15-11-7-9(16)4-5-10(11)14(17)13-6-8-2-1-3-12(8)18-13/h4-7H,1-3,16H2. The van der Waals surface area contributed by atoms with Crippen LogP contribution in [0, 0.1) is 0 Å². The zero-order chi connectivity index (χ0) is 12.7. The number of carbonyl (C=O) groups excluding carboxylic acids is 1. The first-order valence-corrected chi connectivity index (χ1v) is 7.06. The molecule has 0 saturated carbocycles. The van der Waals surface area contributed by atoms with Gasteiger partial charge >= 0.3 is 0 Å². The number of carbonyl (C=O) groups is 1. The molecule has 3 rings (SSSR count). The average molecular weight is 278 g/mol. The summed E-state index contributed by atoms with van der Waals surface area (Å²) in [4.78, 5) is 14.5. The van der Waals surface area contributed by atoms with Gasteiger partial charge in [0.15, 0.2) is 0 Å². The Bertz CT molecular complexity index is 611. The summed E-state index contributed by atoms with van der Waals surface area (Å²) >= 11 is 7.67. The van der Waals surface area contributed by atoms with Crippen LogP contribution in [0.5, 0.6) is 0 Å². The molecule has 0 amide bonds. The van der Waals surface area contributed by atoms with E-state index in [4.69, 9.17) is 17.3 Å². The molecule has 1 aromatic heterocycles. The molecule has 1 heterocycles. The molecule has 0 aliphatic heterocycles. The normalized spacial score (nSPS) is 13.6. The fourth-order valence-electron chi connectivity index (χ4n) is 2.29. The van der Waals surface area contributed by atoms with Crippen molar-refractivity contribution >= 4 is 34.4 Å². The number of fused-ring (bicyclic) bond motifs is 1. The van der Waals surface area contributed by atoms with Crippen molar-refractivity contribution < 1.29 is 4.79 Å². The van der Waals surface area contributed by atoms with Crippen molar-refractivity contribution in [2.24, 2.45) is 0 Å². The van der Waals surface area contributed by atoms with Crippen LogP contribution in [-0.4, -0.2) is 5.78 Å². The Morgan fingerprint density at radius 2 is 2.11 bits per heavy atom. The molecule has 1 aliphatic carbocycles. The highest BCUT2D eigenvalue weighted by atomic mass is 35.5. The predicted octanol–water partition coefficient (Wildman–Crippen LogP) is 3.70. The fraction of sp³-hybridized carbons (Fsp3) is 0.214. The monoisotopic (exact) mass is 277 g/mol. The van der Waals surface area contributed by atoms with Gasteiger partial charge in [0.05, 0.1) is 9.90 Å². The lowest BCUT2D eigenvalue weighted by Crippen LogP contribution is -2.00. The first-order valence-electron chi connectivity index (χ1n) is 5.86. The largest absolute Gasteiger partial charge is 0.399 e. The number of rotatable bonds is 2. The lowest BCUT2D eigenvalue weighted by molar-refractivity contribution is 0.104. The summed E-state index contributed by atoms with van der Waals surface area (Å²) in [6, 6.07) is 7.04. The minimum absolute atomic E-state index is 0.000556. The number of benzene rings is 1. The molecule has 0 spiro atoms. The van der Waals surface area contributed by atoms with Gasteiger partial charge in [-0.05, 0) is 49.1 Å². The second-order valence-corrected chi connectivity index (χ2v) is 6.02. The van der Waals surface area contributed by atoms with Gasteiger partial charge in [0.2, 0.25) is 5.78 Å². The Hall–Kier alpha value is -1.32. The van der Waals surface area contributed by atoms with E-state index in [1.165, 1.54) is 16.9 Å². The van der Waals surface area contributed by atoms with Crippen LogP contribution < -0.4 is 5.73 Å². The maximum absolute atomic E-state index is 12.4. The van der Waals surface area contributed by atoms with Crippen molar-refractivity contribution in [3.05, 3.63) is 50.2 Å². The van der Waals surface area contributed by atoms with Crippen LogP contribution in [0.1, 0.15) is 32.1 Å². The Labute approximate surface area is 114 Å². The van der Waals surface area contributed by atoms with Crippen molar-refractivity contribution in [3.8, 4) is 0 Å². The molecule has 0 bridgehead atoms. The van der Waals surface area contributed by atoms with Crippen LogP contribution in [0.15, 0.2) is 24.3 Å². The van der Waals surface area contributed by atoms with E-state index in [0.29, 0.717) is 16.3 Å². The van der Waals surface area contributed by atoms with E-state index in [1.807, 2.05) is 6.07 Å². The smallest absolute Gasteiger partial charge is 0.204 e. The minimum Gasteiger partial charge on any atom is -0.399 e. The maximum Gasteiger partial charge on any atom is 0.204 e. The van der Waals surface area contributed by atoms with E-state index in [1.54, 1.807) is 29.5 Å². The minimum atomic E-state index is -0.000556. The number of thiophene rings is 1. The van der Waals surface area contributed by atoms with Gasteiger partial charge in [0.1, 0.15) is 0 Å². The van der Waals surface area contributed by atoms with E-state index < -0.39 is 0 Å². The summed E-state index contributed by atoms with van der Waals surface area (Å²) in [6.45, 7) is 0. The topological polar surface area (TPSA) is 43.1 Å². The molecule has 0 fully saturated rings. The highest BCUT2D eigenvalue weighted by Gasteiger charge is 2.20. The van der Waals surface area contributed by atoms with E-state index in [0.717, 1.165) is 17.7 Å². The summed E-state index contributed by atoms with van der Waals surface area (Å²) in [7, 11) is 0. The van der Waals surface area contributed by atoms with Gasteiger partial charge in [-0.2, -0.15) is 0 Å². The van der Waals surface area contributed by atoms with Crippen molar-refractivity contribution in [2.75, 3.05) is 5.73 Å². The average Bonchev–Trinajstić information content (AvgIpc) is 2.87. The Morgan fingerprint density at radius 3 is 2.83 bits per heavy atom. The lowest BCUT2D eigenvalue weighted by Gasteiger charge is -2.02. The molecule has 2 aromatic rings. The second-order valence-electron chi connectivity index (χ2n) is 4.48. The molecule has 4 heteroatoms. The van der Waals surface area contributed by atoms with Crippen LogP contribution in [0.25, 0.3) is 0 Å². The number of anilines is 1. The molecule has 0 unspecified atom stereocenters. The predicted molar refractivity (Wildman–Crippen MR) is 75.6 cm³/mol. The fourth-order valence-corrected chi connectivity index (χ4v) is 3.77. The highest BCUT2D eigenvalue weighted by molar-refractivity contribution is 7.14. The van der Waals surface area contributed by atoms with Crippen LogP contribution in [0.4, 0.5) is 5.69 Å². The first kappa shape index (κ1) is 11.8. The summed E-state index contributed by atoms with van der Waals surface area (Å²) in [5.41, 5.74) is 8.07. The molecule has 92 valence electrons. The quantitative estimate of drug-likeness (QED) is 0.672. The van der Waals surface area contributed by atoms with Gasteiger partial charge in [0.25, 0.3) is 0 Å². The first-order chi connectivity index (χ1) is 8.65. The van der Waals surface area contributed by atoms with E-state index in [-0.39, 0.29) is 5.78 Å². The van der Waals surface area contributed by atoms with Crippen LogP contribution in [0.3, 0.4) is 0 Å². The van der Waals surface area contributed by atoms with E-state index in [9.17, 15) is 4.79 Å². The highest BCUT2D eigenvalue weighted by Crippen LogP contribution is 2.33. The summed E-state index contributed by atoms with van der Waals surface area (Å²) < 4.78 is 0. The van der Waals surface area contributed by atoms with Crippen molar-refractivity contribution in [2.45, 2.75) is 19.3 Å². The number of hydrogen-bond acceptors (Lipinski definition) is 3. The number of hydrogen-bond donors (Lipinski definition) is 1. The Morgan fingerprint density at radius 1 is 1.28 bits per heavy atom. The summed E-state index contributed by atoms with van der Waals surface area (Å²) in [6.07, 6.45) is 3.40. The molecule has 18 heavy (non-hydrogen) atoms. The third-order valence-corrected chi connectivity index (χ3v) is 4.76. The molecule has 2 nitrogen and oxygen atoms in total. The Kier molecular flexibility index (Phi) is 2.88. The van der Waals surface area contributed by atoms with Crippen LogP contribution in [0.2, 0.25) is 5.02 Å². The third kappa shape index (κ3) is 1.93. The summed E-state index contributed by atoms with van der Waals surface area (Å²) in [5.74, 6) is -0.000556. The van der Waals surface area contributed by atoms with Crippen molar-refractivity contribution in [1.29, 1.82) is 0 Å². The van der Waals surface area contributed by atoms with Gasteiger partial charge in [-0.1, -0.05) is 11.6 Å². The molecular formula is C14H12ClNOS. The maximum atomic E-state index is 12.4. The number of nitrogens with two attached hydrogens (primary N) is 1. The third-order valence-electron chi connectivity index (χ3n) is 3.21. The zero-order valence-corrected chi connectivity index (χ0v) is 11.3. The number of nitrogen functional groups attached to an aromatic ring is 1. The lowest BCUT2D eigenvalue weighted by atomic mass is 10.1. The molecular weight excluding hydrogens is 266 g/mol. The molecule has 0 saturated heterocycles. The van der Waals surface area contributed by atoms with Crippen LogP contribution >= 0.6 is 22.9 Å². The van der Waals surface area contributed by atoms with Crippen molar-refractivity contribution in [1.82, 2.24) is 0 Å². The molecule has 0 atom stereocenters. The van der Waals surface area contributed by atoms with Crippen molar-refractivity contribution in [3.63, 3.8) is 0 Å². The molecule has 1 aliphatic rings. The van der Waals surface area contributed by atoms with Gasteiger partial charge in [-0.15, -0.1) is 11.3 Å². The van der Waals surface area contributed by atoms with Crippen LogP contribution in [-0.2, 0) is 12.8 Å². The van der Waals surface area contributed by atoms with Gasteiger partial charge in [0, 0.05) is 16.1 Å². The number of ketones is 1. The molecule has 0 radical (unpaired) electrons. The Balaban J connectivity index is 1.98. The molecule has 1 aromatic carbocycles. The van der Waals surface area contributed by atoms with Gasteiger partial charge in [-0.3, -0.25) is 4.79 Å². The SMILES string of the molecule is Nc1ccc(C(=O)c2cc3c(s2)CCC3)c(Cl)c1. The number of halogens is 1. The van der Waals surface area contributed by atoms with E-state index >= 15 is 0 Å². The summed E-state index contributed by atoms with van der Waals surface area (Å²) in [5, 5.41) is 0.425. The number of aryl methyl sites for hydroxylation is 2. The second kappa shape index (κ2) is 4.41. The van der Waals surface area contributed by atoms with Gasteiger partial charge in [-0.25, -0.2) is 0 Å². The van der Waals surface area contributed by atoms with E-state index in [2.05, 4.69) is 0 Å².